The van der Waals surface area contributed by atoms with Gasteiger partial charge in [-0.3, -0.25) is 10.2 Å². The monoisotopic (exact) mass is 525 g/mol. The molecule has 3 atom stereocenters. The Morgan fingerprint density at radius 3 is 2.66 bits per heavy atom. The number of benzene rings is 1. The van der Waals surface area contributed by atoms with Crippen molar-refractivity contribution in [1.82, 2.24) is 14.9 Å². The van der Waals surface area contributed by atoms with Crippen LogP contribution in [-0.4, -0.2) is 63.6 Å². The summed E-state index contributed by atoms with van der Waals surface area (Å²) in [4.78, 5) is 24.4. The number of likely N-dealkylation sites (tertiary alicyclic amines) is 1. The Morgan fingerprint density at radius 2 is 1.95 bits per heavy atom. The maximum Gasteiger partial charge on any atom is 0.257 e. The Balaban J connectivity index is 1.34. The number of nitrogens with two attached hydrogens (primary N) is 1. The van der Waals surface area contributed by atoms with Gasteiger partial charge in [0.2, 0.25) is 0 Å². The summed E-state index contributed by atoms with van der Waals surface area (Å²) in [6.07, 6.45) is 1.53. The summed E-state index contributed by atoms with van der Waals surface area (Å²) >= 11 is 0. The summed E-state index contributed by atoms with van der Waals surface area (Å²) in [6, 6.07) is 6.78. The van der Waals surface area contributed by atoms with Crippen molar-refractivity contribution in [2.45, 2.75) is 31.2 Å². The number of pyridine rings is 2. The highest BCUT2D eigenvalue weighted by Gasteiger charge is 2.37. The summed E-state index contributed by atoms with van der Waals surface area (Å²) in [5.41, 5.74) is 6.58. The summed E-state index contributed by atoms with van der Waals surface area (Å²) in [7, 11) is 0. The topological polar surface area (TPSA) is 131 Å². The van der Waals surface area contributed by atoms with Crippen LogP contribution >= 0.6 is 0 Å². The quantitative estimate of drug-likeness (QED) is 0.297. The number of nitrogens with one attached hydrogen (secondary N) is 2. The lowest BCUT2D eigenvalue weighted by Crippen LogP contribution is -2.32. The maximum absolute atomic E-state index is 14.5. The molecule has 3 aromatic rings. The van der Waals surface area contributed by atoms with E-state index in [9.17, 15) is 23.1 Å². The van der Waals surface area contributed by atoms with E-state index in [-0.39, 0.29) is 47.0 Å². The average Bonchev–Trinajstić information content (AvgIpc) is 3.51. The minimum Gasteiger partial charge on any atom is -0.391 e. The van der Waals surface area contributed by atoms with E-state index < -0.39 is 35.9 Å². The molecule has 0 radical (unpaired) electrons. The number of hydrogen-bond acceptors (Lipinski definition) is 7. The van der Waals surface area contributed by atoms with Gasteiger partial charge in [-0.05, 0) is 42.8 Å². The second-order valence-corrected chi connectivity index (χ2v) is 9.42. The van der Waals surface area contributed by atoms with E-state index in [1.807, 2.05) is 4.90 Å². The van der Waals surface area contributed by atoms with E-state index in [1.54, 1.807) is 12.1 Å². The zero-order chi connectivity index (χ0) is 27.0. The van der Waals surface area contributed by atoms with Gasteiger partial charge in [0.15, 0.2) is 0 Å². The Morgan fingerprint density at radius 1 is 1.13 bits per heavy atom. The number of alkyl halides is 1. The number of halogens is 3. The van der Waals surface area contributed by atoms with E-state index in [0.717, 1.165) is 18.2 Å². The molecule has 0 unspecified atom stereocenters. The maximum atomic E-state index is 14.5. The van der Waals surface area contributed by atoms with Crippen LogP contribution in [0.4, 0.5) is 30.5 Å². The number of aliphatic hydroxyl groups excluding tert-OH is 1. The fraction of sp³-hybridized carbons (Fsp3) is 0.308. The molecule has 1 aromatic carbocycles. The standard InChI is InChI=1S/C26H26F3N7O2/c27-15-2-3-21(29)19(7-15)22-8-16(28)12-36(22)25(31)20-9-17(11-33-24(20)30)34-26(38)14-1-4-23(32-10-14)35-6-5-18(37)13-35/h1-4,7,9-11,16,18,22,31,37H,5-6,8,12-13H2,(H2,30,33)(H,34,38)/t16-,18-,22+/m0/s1. The summed E-state index contributed by atoms with van der Waals surface area (Å²) in [6.45, 7) is 0.956. The lowest BCUT2D eigenvalue weighted by Gasteiger charge is -2.28. The normalized spacial score (nSPS) is 21.1. The molecule has 2 fully saturated rings. The van der Waals surface area contributed by atoms with E-state index in [2.05, 4.69) is 15.3 Å². The van der Waals surface area contributed by atoms with Crippen LogP contribution in [0.1, 0.15) is 40.4 Å². The molecule has 5 rings (SSSR count). The van der Waals surface area contributed by atoms with Crippen LogP contribution in [0, 0.1) is 17.0 Å². The molecule has 12 heteroatoms. The second kappa shape index (κ2) is 10.3. The van der Waals surface area contributed by atoms with Crippen molar-refractivity contribution in [3.8, 4) is 0 Å². The highest BCUT2D eigenvalue weighted by molar-refractivity contribution is 6.06. The van der Waals surface area contributed by atoms with Gasteiger partial charge in [0.25, 0.3) is 5.91 Å². The van der Waals surface area contributed by atoms with Crippen molar-refractivity contribution >= 4 is 29.1 Å². The fourth-order valence-electron chi connectivity index (χ4n) is 4.85. The van der Waals surface area contributed by atoms with E-state index in [0.29, 0.717) is 25.3 Å². The summed E-state index contributed by atoms with van der Waals surface area (Å²) in [5, 5.41) is 21.1. The number of nitrogens with zero attached hydrogens (tertiary/aromatic N) is 4. The summed E-state index contributed by atoms with van der Waals surface area (Å²) in [5.74, 6) is -1.44. The van der Waals surface area contributed by atoms with E-state index in [1.165, 1.54) is 23.4 Å². The highest BCUT2D eigenvalue weighted by Crippen LogP contribution is 2.37. The van der Waals surface area contributed by atoms with Crippen LogP contribution in [0.2, 0.25) is 0 Å². The van der Waals surface area contributed by atoms with Gasteiger partial charge in [-0.15, -0.1) is 0 Å². The first-order valence-corrected chi connectivity index (χ1v) is 12.1. The predicted octanol–water partition coefficient (Wildman–Crippen LogP) is 3.27. The second-order valence-electron chi connectivity index (χ2n) is 9.42. The molecule has 0 saturated carbocycles. The Hall–Kier alpha value is -4.19. The number of nitrogen functional groups attached to an aromatic ring is 1. The molecule has 5 N–H and O–H groups in total. The van der Waals surface area contributed by atoms with Crippen LogP contribution in [0.3, 0.4) is 0 Å². The van der Waals surface area contributed by atoms with Crippen LogP contribution in [0.5, 0.6) is 0 Å². The molecule has 2 aromatic heterocycles. The van der Waals surface area contributed by atoms with E-state index in [4.69, 9.17) is 11.1 Å². The Kier molecular flexibility index (Phi) is 6.89. The molecule has 2 saturated heterocycles. The number of carbonyl (C=O) groups is 1. The van der Waals surface area contributed by atoms with Crippen LogP contribution in [0.25, 0.3) is 0 Å². The molecule has 4 heterocycles. The largest absolute Gasteiger partial charge is 0.391 e. The smallest absolute Gasteiger partial charge is 0.257 e. The predicted molar refractivity (Wildman–Crippen MR) is 136 cm³/mol. The van der Waals surface area contributed by atoms with Crippen molar-refractivity contribution < 1.29 is 23.1 Å². The van der Waals surface area contributed by atoms with Gasteiger partial charge < -0.3 is 26.0 Å². The molecule has 38 heavy (non-hydrogen) atoms. The Labute approximate surface area is 216 Å². The number of aromatic nitrogens is 2. The molecule has 198 valence electrons. The number of anilines is 3. The van der Waals surface area contributed by atoms with E-state index >= 15 is 0 Å². The molecule has 2 aliphatic rings. The lowest BCUT2D eigenvalue weighted by atomic mass is 10.0. The fourth-order valence-corrected chi connectivity index (χ4v) is 4.85. The van der Waals surface area contributed by atoms with Gasteiger partial charge >= 0.3 is 0 Å². The number of carbonyl (C=O) groups excluding carboxylic acids is 1. The SMILES string of the molecule is N=C(c1cc(NC(=O)c2ccc(N3CC[C@H](O)C3)nc2)cnc1N)N1C[C@@H](F)C[C@@H]1c1cc(F)ccc1F. The number of amides is 1. The number of β-amino-alcohol motifs (C(OH)–C–C–N with tert-alkyl or cyclic N) is 1. The first-order valence-electron chi connectivity index (χ1n) is 12.1. The minimum absolute atomic E-state index is 0.0346. The molecule has 1 amide bonds. The minimum atomic E-state index is -1.36. The number of hydrogen-bond donors (Lipinski definition) is 4. The molecular formula is C26H26F3N7O2. The lowest BCUT2D eigenvalue weighted by molar-refractivity contribution is 0.102. The average molecular weight is 526 g/mol. The van der Waals surface area contributed by atoms with Crippen LogP contribution < -0.4 is 16.0 Å². The van der Waals surface area contributed by atoms with Crippen LogP contribution in [0.15, 0.2) is 48.8 Å². The van der Waals surface area contributed by atoms with Gasteiger partial charge in [-0.2, -0.15) is 0 Å². The highest BCUT2D eigenvalue weighted by atomic mass is 19.1. The third kappa shape index (κ3) is 5.12. The number of amidine groups is 1. The zero-order valence-electron chi connectivity index (χ0n) is 20.2. The molecule has 2 aliphatic heterocycles. The van der Waals surface area contributed by atoms with Crippen LogP contribution in [-0.2, 0) is 0 Å². The number of aliphatic hydroxyl groups is 1. The third-order valence-corrected chi connectivity index (χ3v) is 6.78. The summed E-state index contributed by atoms with van der Waals surface area (Å²) < 4.78 is 42.7. The first-order chi connectivity index (χ1) is 18.2. The zero-order valence-corrected chi connectivity index (χ0v) is 20.2. The van der Waals surface area contributed by atoms with Gasteiger partial charge in [-0.25, -0.2) is 23.1 Å². The van der Waals surface area contributed by atoms with Crippen molar-refractivity contribution in [1.29, 1.82) is 5.41 Å². The van der Waals surface area contributed by atoms with Gasteiger partial charge in [-0.1, -0.05) is 0 Å². The third-order valence-electron chi connectivity index (χ3n) is 6.78. The molecular weight excluding hydrogens is 499 g/mol. The number of rotatable bonds is 5. The Bertz CT molecular complexity index is 1370. The van der Waals surface area contributed by atoms with Crippen molar-refractivity contribution in [3.05, 3.63) is 77.1 Å². The molecule has 0 aliphatic carbocycles. The van der Waals surface area contributed by atoms with Crippen molar-refractivity contribution in [2.24, 2.45) is 0 Å². The first kappa shape index (κ1) is 25.5. The van der Waals surface area contributed by atoms with Gasteiger partial charge in [0.05, 0.1) is 41.7 Å². The van der Waals surface area contributed by atoms with Gasteiger partial charge in [0.1, 0.15) is 35.3 Å². The molecule has 9 nitrogen and oxygen atoms in total. The van der Waals surface area contributed by atoms with Crippen molar-refractivity contribution in [2.75, 3.05) is 35.6 Å². The van der Waals surface area contributed by atoms with Gasteiger partial charge in [0, 0.05) is 31.3 Å². The molecule has 0 bridgehead atoms. The molecule has 0 spiro atoms. The van der Waals surface area contributed by atoms with Crippen molar-refractivity contribution in [3.63, 3.8) is 0 Å².